The van der Waals surface area contributed by atoms with Gasteiger partial charge in [0.25, 0.3) is 0 Å². The Morgan fingerprint density at radius 1 is 0.933 bits per heavy atom. The third kappa shape index (κ3) is 5.74. The molecule has 1 aromatic carbocycles. The van der Waals surface area contributed by atoms with Crippen LogP contribution in [-0.2, 0) is 9.59 Å². The number of nitrogens with two attached hydrogens (primary N) is 1. The largest absolute Gasteiger partial charge is 0.369 e. The third-order valence-electron chi connectivity index (χ3n) is 7.02. The SMILES string of the molecule is Cl.NC1CCC(CCN2CCN(c3ccc(C4CCC(=O)NC4=O)cc3)CC2)CC1. The van der Waals surface area contributed by atoms with Gasteiger partial charge in [0.15, 0.2) is 0 Å². The Morgan fingerprint density at radius 2 is 1.60 bits per heavy atom. The lowest BCUT2D eigenvalue weighted by Gasteiger charge is -2.37. The first-order valence-electron chi connectivity index (χ1n) is 11.2. The number of halogens is 1. The Morgan fingerprint density at radius 3 is 2.23 bits per heavy atom. The summed E-state index contributed by atoms with van der Waals surface area (Å²) in [4.78, 5) is 28.4. The first-order chi connectivity index (χ1) is 14.1. The minimum Gasteiger partial charge on any atom is -0.369 e. The number of hydrogen-bond acceptors (Lipinski definition) is 5. The van der Waals surface area contributed by atoms with Crippen molar-refractivity contribution < 1.29 is 9.59 Å². The molecule has 2 aliphatic heterocycles. The number of nitrogens with one attached hydrogen (secondary N) is 1. The predicted molar refractivity (Wildman–Crippen MR) is 122 cm³/mol. The van der Waals surface area contributed by atoms with Gasteiger partial charge in [0.05, 0.1) is 5.92 Å². The van der Waals surface area contributed by atoms with Crippen molar-refractivity contribution in [2.24, 2.45) is 11.7 Å². The molecule has 0 aromatic heterocycles. The minimum atomic E-state index is -0.201. The Hall–Kier alpha value is -1.63. The summed E-state index contributed by atoms with van der Waals surface area (Å²) in [5, 5.41) is 2.45. The van der Waals surface area contributed by atoms with Crippen molar-refractivity contribution in [3.05, 3.63) is 29.8 Å². The second-order valence-electron chi connectivity index (χ2n) is 8.99. The van der Waals surface area contributed by atoms with E-state index in [1.807, 2.05) is 0 Å². The van der Waals surface area contributed by atoms with Gasteiger partial charge in [-0.15, -0.1) is 12.4 Å². The first-order valence-corrected chi connectivity index (χ1v) is 11.2. The Labute approximate surface area is 186 Å². The maximum Gasteiger partial charge on any atom is 0.234 e. The van der Waals surface area contributed by atoms with Crippen LogP contribution in [0.5, 0.6) is 0 Å². The topological polar surface area (TPSA) is 78.7 Å². The zero-order valence-electron chi connectivity index (χ0n) is 17.7. The summed E-state index contributed by atoms with van der Waals surface area (Å²) < 4.78 is 0. The molecule has 0 spiro atoms. The van der Waals surface area contributed by atoms with Crippen LogP contribution in [0.1, 0.15) is 56.4 Å². The van der Waals surface area contributed by atoms with Gasteiger partial charge in [0, 0.05) is 44.3 Å². The lowest BCUT2D eigenvalue weighted by Crippen LogP contribution is -2.47. The third-order valence-corrected chi connectivity index (χ3v) is 7.02. The summed E-state index contributed by atoms with van der Waals surface area (Å²) in [5.41, 5.74) is 8.25. The number of imide groups is 1. The van der Waals surface area contributed by atoms with Gasteiger partial charge in [-0.3, -0.25) is 19.8 Å². The van der Waals surface area contributed by atoms with Crippen LogP contribution in [-0.4, -0.2) is 55.5 Å². The number of carbonyl (C=O) groups is 2. The zero-order chi connectivity index (χ0) is 20.2. The molecule has 1 saturated carbocycles. The molecule has 166 valence electrons. The molecule has 1 unspecified atom stereocenters. The van der Waals surface area contributed by atoms with Crippen LogP contribution in [0, 0.1) is 5.92 Å². The zero-order valence-corrected chi connectivity index (χ0v) is 18.5. The van der Waals surface area contributed by atoms with E-state index in [9.17, 15) is 9.59 Å². The molecule has 4 rings (SSSR count). The second kappa shape index (κ2) is 10.6. The Bertz CT molecular complexity index is 710. The molecule has 3 fully saturated rings. The summed E-state index contributed by atoms with van der Waals surface area (Å²) in [6.07, 6.45) is 7.36. The molecule has 3 N–H and O–H groups in total. The van der Waals surface area contributed by atoms with Gasteiger partial charge in [0.1, 0.15) is 0 Å². The van der Waals surface area contributed by atoms with Gasteiger partial charge in [-0.1, -0.05) is 12.1 Å². The van der Waals surface area contributed by atoms with Crippen molar-refractivity contribution in [3.8, 4) is 0 Å². The molecule has 2 heterocycles. The molecule has 2 saturated heterocycles. The van der Waals surface area contributed by atoms with Crippen molar-refractivity contribution in [2.45, 2.75) is 56.9 Å². The monoisotopic (exact) mass is 434 g/mol. The number of carbonyl (C=O) groups excluding carboxylic acids is 2. The van der Waals surface area contributed by atoms with E-state index in [1.165, 1.54) is 44.3 Å². The summed E-state index contributed by atoms with van der Waals surface area (Å²) in [5.74, 6) is 0.343. The highest BCUT2D eigenvalue weighted by molar-refractivity contribution is 6.00. The molecule has 30 heavy (non-hydrogen) atoms. The van der Waals surface area contributed by atoms with E-state index in [-0.39, 0.29) is 30.1 Å². The van der Waals surface area contributed by atoms with E-state index in [4.69, 9.17) is 5.73 Å². The smallest absolute Gasteiger partial charge is 0.234 e. The summed E-state index contributed by atoms with van der Waals surface area (Å²) in [6.45, 7) is 5.53. The number of piperidine rings is 1. The van der Waals surface area contributed by atoms with Crippen LogP contribution < -0.4 is 16.0 Å². The van der Waals surface area contributed by atoms with Crippen LogP contribution in [0.15, 0.2) is 24.3 Å². The normalized spacial score (nSPS) is 28.0. The summed E-state index contributed by atoms with van der Waals surface area (Å²) >= 11 is 0. The number of rotatable bonds is 5. The number of anilines is 1. The van der Waals surface area contributed by atoms with Gasteiger partial charge in [0.2, 0.25) is 11.8 Å². The second-order valence-corrected chi connectivity index (χ2v) is 8.99. The van der Waals surface area contributed by atoms with Crippen molar-refractivity contribution in [1.29, 1.82) is 0 Å². The quantitative estimate of drug-likeness (QED) is 0.696. The fraction of sp³-hybridized carbons (Fsp3) is 0.652. The highest BCUT2D eigenvalue weighted by Crippen LogP contribution is 2.28. The molecule has 6 nitrogen and oxygen atoms in total. The highest BCUT2D eigenvalue weighted by atomic mass is 35.5. The highest BCUT2D eigenvalue weighted by Gasteiger charge is 2.28. The lowest BCUT2D eigenvalue weighted by atomic mass is 9.84. The standard InChI is InChI=1S/C23H34N4O2.ClH/c24-19-5-1-17(2-6-19)11-12-26-13-15-27(16-14-26)20-7-3-18(4-8-20)21-9-10-22(28)25-23(21)29;/h3-4,7-8,17,19,21H,1-2,5-6,9-16,24H2,(H,25,28,29);1H. The Kier molecular flexibility index (Phi) is 8.14. The van der Waals surface area contributed by atoms with Gasteiger partial charge in [-0.2, -0.15) is 0 Å². The van der Waals surface area contributed by atoms with Crippen LogP contribution in [0.4, 0.5) is 5.69 Å². The van der Waals surface area contributed by atoms with E-state index in [1.54, 1.807) is 0 Å². The molecule has 1 aliphatic carbocycles. The molecule has 0 radical (unpaired) electrons. The van der Waals surface area contributed by atoms with E-state index in [0.29, 0.717) is 18.9 Å². The average Bonchev–Trinajstić information content (AvgIpc) is 2.74. The van der Waals surface area contributed by atoms with Crippen LogP contribution >= 0.6 is 12.4 Å². The molecule has 0 bridgehead atoms. The van der Waals surface area contributed by atoms with Crippen molar-refractivity contribution in [2.75, 3.05) is 37.6 Å². The summed E-state index contributed by atoms with van der Waals surface area (Å²) in [6, 6.07) is 8.79. The van der Waals surface area contributed by atoms with E-state index in [2.05, 4.69) is 39.4 Å². The lowest BCUT2D eigenvalue weighted by molar-refractivity contribution is -0.134. The number of benzene rings is 1. The molecular formula is C23H35ClN4O2. The first kappa shape index (κ1) is 23.0. The van der Waals surface area contributed by atoms with Gasteiger partial charge in [-0.05, 0) is 68.7 Å². The van der Waals surface area contributed by atoms with E-state index in [0.717, 1.165) is 37.7 Å². The molecule has 2 amide bonds. The Balaban J connectivity index is 0.00000256. The molecule has 1 aromatic rings. The maximum atomic E-state index is 12.1. The maximum absolute atomic E-state index is 12.1. The molecule has 7 heteroatoms. The average molecular weight is 435 g/mol. The predicted octanol–water partition coefficient (Wildman–Crippen LogP) is 2.66. The molecule has 3 aliphatic rings. The van der Waals surface area contributed by atoms with Crippen LogP contribution in [0.2, 0.25) is 0 Å². The number of amides is 2. The van der Waals surface area contributed by atoms with Gasteiger partial charge in [-0.25, -0.2) is 0 Å². The van der Waals surface area contributed by atoms with Gasteiger partial charge >= 0.3 is 0 Å². The number of hydrogen-bond donors (Lipinski definition) is 2. The van der Waals surface area contributed by atoms with Crippen molar-refractivity contribution >= 4 is 29.9 Å². The van der Waals surface area contributed by atoms with E-state index >= 15 is 0 Å². The van der Waals surface area contributed by atoms with Crippen molar-refractivity contribution in [3.63, 3.8) is 0 Å². The number of piperazine rings is 1. The van der Waals surface area contributed by atoms with Gasteiger partial charge < -0.3 is 10.6 Å². The fourth-order valence-corrected chi connectivity index (χ4v) is 5.00. The van der Waals surface area contributed by atoms with Crippen LogP contribution in [0.25, 0.3) is 0 Å². The molecular weight excluding hydrogens is 400 g/mol. The van der Waals surface area contributed by atoms with Crippen molar-refractivity contribution in [1.82, 2.24) is 10.2 Å². The van der Waals surface area contributed by atoms with E-state index < -0.39 is 0 Å². The summed E-state index contributed by atoms with van der Waals surface area (Å²) in [7, 11) is 0. The minimum absolute atomic E-state index is 0. The fourth-order valence-electron chi connectivity index (χ4n) is 5.00. The van der Waals surface area contributed by atoms with Crippen LogP contribution in [0.3, 0.4) is 0 Å². The number of nitrogens with zero attached hydrogens (tertiary/aromatic N) is 2. The molecule has 1 atom stereocenters.